The smallest absolute Gasteiger partial charge is 0.270 e. The number of carbonyl (C=O) groups is 2. The maximum absolute atomic E-state index is 12.2. The molecule has 0 aromatic heterocycles. The van der Waals surface area contributed by atoms with Crippen LogP contribution in [0.5, 0.6) is 5.75 Å². The number of rotatable bonds is 7. The zero-order valence-electron chi connectivity index (χ0n) is 13.3. The van der Waals surface area contributed by atoms with Crippen molar-refractivity contribution in [3.8, 4) is 5.75 Å². The standard InChI is InChI=1S/C17H15BrN2O5/c1-19(9-12-4-2-3-5-15(12)18)17(22)11-25-16-7-6-14(20(23)24)8-13(16)10-21/h2-8,10H,9,11H2,1H3. The molecule has 0 unspecified atom stereocenters. The highest BCUT2D eigenvalue weighted by Crippen LogP contribution is 2.23. The first-order valence-corrected chi connectivity index (χ1v) is 8.05. The molecule has 0 spiro atoms. The zero-order valence-corrected chi connectivity index (χ0v) is 14.9. The molecule has 1 amide bonds. The predicted octanol–water partition coefficient (Wildman–Crippen LogP) is 3.21. The van der Waals surface area contributed by atoms with Crippen LogP contribution in [0, 0.1) is 10.1 Å². The number of benzene rings is 2. The highest BCUT2D eigenvalue weighted by atomic mass is 79.9. The molecular weight excluding hydrogens is 392 g/mol. The summed E-state index contributed by atoms with van der Waals surface area (Å²) in [4.78, 5) is 34.9. The summed E-state index contributed by atoms with van der Waals surface area (Å²) in [6.07, 6.45) is 0.456. The van der Waals surface area contributed by atoms with Crippen LogP contribution in [0.15, 0.2) is 46.9 Å². The maximum atomic E-state index is 12.2. The monoisotopic (exact) mass is 406 g/mol. The molecule has 130 valence electrons. The van der Waals surface area contributed by atoms with E-state index in [4.69, 9.17) is 4.74 Å². The second kappa shape index (κ2) is 8.39. The van der Waals surface area contributed by atoms with E-state index in [1.54, 1.807) is 7.05 Å². The van der Waals surface area contributed by atoms with Crippen LogP contribution in [-0.2, 0) is 11.3 Å². The largest absolute Gasteiger partial charge is 0.483 e. The van der Waals surface area contributed by atoms with E-state index in [9.17, 15) is 19.7 Å². The number of non-ortho nitro benzene ring substituents is 1. The summed E-state index contributed by atoms with van der Waals surface area (Å²) >= 11 is 3.42. The van der Waals surface area contributed by atoms with Crippen LogP contribution in [0.25, 0.3) is 0 Å². The van der Waals surface area contributed by atoms with Gasteiger partial charge in [-0.05, 0) is 17.7 Å². The van der Waals surface area contributed by atoms with E-state index >= 15 is 0 Å². The molecule has 0 N–H and O–H groups in total. The van der Waals surface area contributed by atoms with Crippen molar-refractivity contribution in [3.05, 3.63) is 68.2 Å². The molecule has 2 aromatic carbocycles. The molecule has 0 atom stereocenters. The SMILES string of the molecule is CN(Cc1ccccc1Br)C(=O)COc1ccc([N+](=O)[O-])cc1C=O. The Hall–Kier alpha value is -2.74. The molecule has 25 heavy (non-hydrogen) atoms. The third kappa shape index (κ3) is 4.87. The summed E-state index contributed by atoms with van der Waals surface area (Å²) in [6, 6.07) is 11.2. The average molecular weight is 407 g/mol. The number of carbonyl (C=O) groups excluding carboxylic acids is 2. The molecule has 2 aromatic rings. The first-order chi connectivity index (χ1) is 11.9. The van der Waals surface area contributed by atoms with Gasteiger partial charge in [-0.2, -0.15) is 0 Å². The Labute approximate surface area is 152 Å². The van der Waals surface area contributed by atoms with Gasteiger partial charge in [-0.1, -0.05) is 34.1 Å². The fourth-order valence-corrected chi connectivity index (χ4v) is 2.50. The van der Waals surface area contributed by atoms with Gasteiger partial charge in [-0.3, -0.25) is 19.7 Å². The Kier molecular flexibility index (Phi) is 6.24. The van der Waals surface area contributed by atoms with E-state index in [-0.39, 0.29) is 29.5 Å². The van der Waals surface area contributed by atoms with Crippen molar-refractivity contribution in [1.29, 1.82) is 0 Å². The lowest BCUT2D eigenvalue weighted by atomic mass is 10.2. The van der Waals surface area contributed by atoms with E-state index in [1.165, 1.54) is 17.0 Å². The van der Waals surface area contributed by atoms with E-state index in [2.05, 4.69) is 15.9 Å². The summed E-state index contributed by atoms with van der Waals surface area (Å²) in [5, 5.41) is 10.7. The normalized spacial score (nSPS) is 10.2. The summed E-state index contributed by atoms with van der Waals surface area (Å²) in [5.74, 6) is -0.158. The molecule has 8 heteroatoms. The van der Waals surface area contributed by atoms with Gasteiger partial charge in [0.25, 0.3) is 11.6 Å². The molecule has 0 aliphatic heterocycles. The van der Waals surface area contributed by atoms with Crippen LogP contribution < -0.4 is 4.74 Å². The van der Waals surface area contributed by atoms with Crippen molar-refractivity contribution in [2.24, 2.45) is 0 Å². The summed E-state index contributed by atoms with van der Waals surface area (Å²) < 4.78 is 6.25. The predicted molar refractivity (Wildman–Crippen MR) is 94.6 cm³/mol. The summed E-state index contributed by atoms with van der Waals surface area (Å²) in [7, 11) is 1.64. The van der Waals surface area contributed by atoms with Crippen LogP contribution in [0.1, 0.15) is 15.9 Å². The second-order valence-corrected chi connectivity index (χ2v) is 6.08. The summed E-state index contributed by atoms with van der Waals surface area (Å²) in [5.41, 5.74) is 0.754. The van der Waals surface area contributed by atoms with Crippen molar-refractivity contribution >= 4 is 33.8 Å². The van der Waals surface area contributed by atoms with Crippen molar-refractivity contribution in [2.45, 2.75) is 6.54 Å². The number of hydrogen-bond acceptors (Lipinski definition) is 5. The van der Waals surface area contributed by atoms with E-state index < -0.39 is 4.92 Å². The first kappa shape index (κ1) is 18.6. The van der Waals surface area contributed by atoms with Crippen LogP contribution in [0.2, 0.25) is 0 Å². The Morgan fingerprint density at radius 2 is 2.04 bits per heavy atom. The number of amides is 1. The van der Waals surface area contributed by atoms with Gasteiger partial charge in [-0.15, -0.1) is 0 Å². The van der Waals surface area contributed by atoms with Gasteiger partial charge in [0.2, 0.25) is 0 Å². The van der Waals surface area contributed by atoms with Gasteiger partial charge in [-0.25, -0.2) is 0 Å². The molecule has 0 saturated heterocycles. The fourth-order valence-electron chi connectivity index (χ4n) is 2.09. The highest BCUT2D eigenvalue weighted by molar-refractivity contribution is 9.10. The lowest BCUT2D eigenvalue weighted by Crippen LogP contribution is -2.31. The number of nitro benzene ring substituents is 1. The summed E-state index contributed by atoms with van der Waals surface area (Å²) in [6.45, 7) is 0.115. The van der Waals surface area contributed by atoms with E-state index in [0.717, 1.165) is 16.1 Å². The molecule has 0 aliphatic rings. The third-order valence-electron chi connectivity index (χ3n) is 3.47. The quantitative estimate of drug-likeness (QED) is 0.400. The highest BCUT2D eigenvalue weighted by Gasteiger charge is 2.15. The molecule has 0 aliphatic carbocycles. The molecule has 0 fully saturated rings. The topological polar surface area (TPSA) is 89.8 Å². The molecule has 0 radical (unpaired) electrons. The number of likely N-dealkylation sites (N-methyl/N-ethyl adjacent to an activating group) is 1. The van der Waals surface area contributed by atoms with Crippen LogP contribution in [0.3, 0.4) is 0 Å². The number of halogens is 1. The lowest BCUT2D eigenvalue weighted by Gasteiger charge is -2.18. The van der Waals surface area contributed by atoms with Gasteiger partial charge in [0.15, 0.2) is 12.9 Å². The third-order valence-corrected chi connectivity index (χ3v) is 4.25. The number of nitrogens with zero attached hydrogens (tertiary/aromatic N) is 2. The lowest BCUT2D eigenvalue weighted by molar-refractivity contribution is -0.384. The minimum atomic E-state index is -0.604. The zero-order chi connectivity index (χ0) is 18.4. The molecule has 0 heterocycles. The molecule has 0 saturated carbocycles. The minimum absolute atomic E-state index is 0.0236. The van der Waals surface area contributed by atoms with Crippen molar-refractivity contribution < 1.29 is 19.2 Å². The molecule has 0 bridgehead atoms. The maximum Gasteiger partial charge on any atom is 0.270 e. The number of aldehydes is 1. The van der Waals surface area contributed by atoms with Gasteiger partial charge in [0.05, 0.1) is 10.5 Å². The molecular formula is C17H15BrN2O5. The number of hydrogen-bond donors (Lipinski definition) is 0. The van der Waals surface area contributed by atoms with Crippen LogP contribution in [-0.4, -0.2) is 35.7 Å². The number of nitro groups is 1. The minimum Gasteiger partial charge on any atom is -0.483 e. The van der Waals surface area contributed by atoms with Gasteiger partial charge >= 0.3 is 0 Å². The van der Waals surface area contributed by atoms with Gasteiger partial charge in [0.1, 0.15) is 5.75 Å². The molecule has 2 rings (SSSR count). The Morgan fingerprint density at radius 3 is 2.68 bits per heavy atom. The Balaban J connectivity index is 2.01. The first-order valence-electron chi connectivity index (χ1n) is 7.26. The van der Waals surface area contributed by atoms with Crippen molar-refractivity contribution in [1.82, 2.24) is 4.90 Å². The van der Waals surface area contributed by atoms with E-state index in [0.29, 0.717) is 12.8 Å². The van der Waals surface area contributed by atoms with Crippen molar-refractivity contribution in [2.75, 3.05) is 13.7 Å². The van der Waals surface area contributed by atoms with Gasteiger partial charge in [0, 0.05) is 30.2 Å². The van der Waals surface area contributed by atoms with Crippen molar-refractivity contribution in [3.63, 3.8) is 0 Å². The number of ether oxygens (including phenoxy) is 1. The Morgan fingerprint density at radius 1 is 1.32 bits per heavy atom. The van der Waals surface area contributed by atoms with Gasteiger partial charge < -0.3 is 9.64 Å². The fraction of sp³-hybridized carbons (Fsp3) is 0.176. The average Bonchev–Trinajstić information content (AvgIpc) is 2.61. The van der Waals surface area contributed by atoms with Crippen LogP contribution >= 0.6 is 15.9 Å². The Bertz CT molecular complexity index is 809. The van der Waals surface area contributed by atoms with E-state index in [1.807, 2.05) is 24.3 Å². The second-order valence-electron chi connectivity index (χ2n) is 5.23. The molecule has 7 nitrogen and oxygen atoms in total. The van der Waals surface area contributed by atoms with Crippen LogP contribution in [0.4, 0.5) is 5.69 Å².